The minimum atomic E-state index is -0.809. The van der Waals surface area contributed by atoms with Crippen LogP contribution < -0.4 is 10.6 Å². The van der Waals surface area contributed by atoms with Gasteiger partial charge in [0.1, 0.15) is 17.8 Å². The molecule has 0 aliphatic carbocycles. The maximum Gasteiger partial charge on any atom is 0.272 e. The largest absolute Gasteiger partial charge is 0.391 e. The number of halogens is 1. The molecule has 3 N–H and O–H groups in total. The lowest BCUT2D eigenvalue weighted by atomic mass is 10.0. The van der Waals surface area contributed by atoms with Crippen molar-refractivity contribution in [1.29, 1.82) is 0 Å². The Balaban J connectivity index is 1.51. The molecule has 3 heterocycles. The minimum Gasteiger partial charge on any atom is -0.391 e. The lowest BCUT2D eigenvalue weighted by Crippen LogP contribution is -2.35. The van der Waals surface area contributed by atoms with Gasteiger partial charge >= 0.3 is 0 Å². The summed E-state index contributed by atoms with van der Waals surface area (Å²) in [5.41, 5.74) is 2.81. The zero-order chi connectivity index (χ0) is 23.4. The van der Waals surface area contributed by atoms with Gasteiger partial charge < -0.3 is 25.0 Å². The smallest absolute Gasteiger partial charge is 0.272 e. The molecule has 2 atom stereocenters. The number of aliphatic hydroxyl groups excluding tert-OH is 1. The van der Waals surface area contributed by atoms with Crippen LogP contribution in [-0.2, 0) is 4.74 Å². The van der Waals surface area contributed by atoms with Gasteiger partial charge in [-0.15, -0.1) is 0 Å². The van der Waals surface area contributed by atoms with Crippen LogP contribution in [0, 0.1) is 6.92 Å². The molecule has 0 saturated carbocycles. The third-order valence-electron chi connectivity index (χ3n) is 5.72. The van der Waals surface area contributed by atoms with E-state index in [0.717, 1.165) is 48.7 Å². The van der Waals surface area contributed by atoms with Crippen molar-refractivity contribution in [2.24, 2.45) is 0 Å². The summed E-state index contributed by atoms with van der Waals surface area (Å²) in [6, 6.07) is 8.75. The number of aliphatic hydroxyl groups is 1. The number of hydrogen-bond donors (Lipinski definition) is 3. The molecule has 33 heavy (non-hydrogen) atoms. The number of pyridine rings is 1. The summed E-state index contributed by atoms with van der Waals surface area (Å²) in [7, 11) is 0. The molecule has 2 aromatic heterocycles. The van der Waals surface area contributed by atoms with Crippen LogP contribution in [0.3, 0.4) is 0 Å². The number of hydrogen-bond acceptors (Lipinski definition) is 6. The number of nitrogens with zero attached hydrogens (tertiary/aromatic N) is 3. The Morgan fingerprint density at radius 1 is 1.27 bits per heavy atom. The van der Waals surface area contributed by atoms with E-state index in [1.807, 2.05) is 19.1 Å². The van der Waals surface area contributed by atoms with E-state index in [1.54, 1.807) is 48.4 Å². The van der Waals surface area contributed by atoms with E-state index in [0.29, 0.717) is 11.1 Å². The lowest BCUT2D eigenvalue weighted by Gasteiger charge is -2.24. The summed E-state index contributed by atoms with van der Waals surface area (Å²) in [5.74, 6) is 0.393. The van der Waals surface area contributed by atoms with Crippen LogP contribution in [0.5, 0.6) is 0 Å². The number of amides is 1. The van der Waals surface area contributed by atoms with E-state index in [1.165, 1.54) is 0 Å². The Kier molecular flexibility index (Phi) is 7.27. The first-order chi connectivity index (χ1) is 15.9. The highest BCUT2D eigenvalue weighted by Gasteiger charge is 2.22. The van der Waals surface area contributed by atoms with Gasteiger partial charge in [-0.25, -0.2) is 9.97 Å². The summed E-state index contributed by atoms with van der Waals surface area (Å²) in [4.78, 5) is 21.7. The highest BCUT2D eigenvalue weighted by atomic mass is 35.5. The van der Waals surface area contributed by atoms with E-state index in [4.69, 9.17) is 16.3 Å². The fourth-order valence-electron chi connectivity index (χ4n) is 3.89. The Morgan fingerprint density at radius 3 is 2.79 bits per heavy atom. The van der Waals surface area contributed by atoms with E-state index < -0.39 is 12.1 Å². The number of benzene rings is 1. The molecule has 8 nitrogen and oxygen atoms in total. The molecule has 4 rings (SSSR count). The molecule has 1 aliphatic heterocycles. The quantitative estimate of drug-likeness (QED) is 0.488. The summed E-state index contributed by atoms with van der Waals surface area (Å²) in [6.45, 7) is 5.08. The van der Waals surface area contributed by atoms with Gasteiger partial charge in [0, 0.05) is 42.7 Å². The molecule has 1 fully saturated rings. The third-order valence-corrected chi connectivity index (χ3v) is 5.95. The lowest BCUT2D eigenvalue weighted by molar-refractivity contribution is 0.0853. The molecule has 1 aromatic carbocycles. The molecule has 174 valence electrons. The van der Waals surface area contributed by atoms with Crippen LogP contribution in [0.2, 0.25) is 5.02 Å². The summed E-state index contributed by atoms with van der Waals surface area (Å²) >= 11 is 6.08. The van der Waals surface area contributed by atoms with Crippen LogP contribution in [0.1, 0.15) is 47.4 Å². The molecular formula is C24H28ClN5O3. The van der Waals surface area contributed by atoms with Crippen molar-refractivity contribution < 1.29 is 14.6 Å². The van der Waals surface area contributed by atoms with E-state index in [2.05, 4.69) is 20.6 Å². The second kappa shape index (κ2) is 10.3. The molecule has 0 bridgehead atoms. The molecular weight excluding hydrogens is 442 g/mol. The van der Waals surface area contributed by atoms with Crippen LogP contribution >= 0.6 is 11.6 Å². The molecule has 3 aromatic rings. The number of ether oxygens (including phenoxy) is 1. The number of aryl methyl sites for hydroxylation is 1. The van der Waals surface area contributed by atoms with Gasteiger partial charge in [0.05, 0.1) is 17.8 Å². The number of rotatable bonds is 7. The van der Waals surface area contributed by atoms with Gasteiger partial charge in [-0.3, -0.25) is 4.79 Å². The fourth-order valence-corrected chi connectivity index (χ4v) is 4.09. The van der Waals surface area contributed by atoms with Crippen molar-refractivity contribution in [3.8, 4) is 5.69 Å². The highest BCUT2D eigenvalue weighted by molar-refractivity contribution is 6.30. The normalized spacial score (nSPS) is 16.2. The molecule has 1 amide bonds. The Hall–Kier alpha value is -2.94. The number of anilines is 1. The van der Waals surface area contributed by atoms with Gasteiger partial charge in [0.2, 0.25) is 0 Å². The van der Waals surface area contributed by atoms with Crippen LogP contribution in [-0.4, -0.2) is 50.9 Å². The number of nitrogens with one attached hydrogen (secondary N) is 2. The van der Waals surface area contributed by atoms with Gasteiger partial charge in [-0.1, -0.05) is 23.7 Å². The molecule has 1 aliphatic rings. The first-order valence-electron chi connectivity index (χ1n) is 11.0. The van der Waals surface area contributed by atoms with Gasteiger partial charge in [0.25, 0.3) is 5.91 Å². The number of carbonyl (C=O) groups is 1. The molecule has 1 saturated heterocycles. The van der Waals surface area contributed by atoms with Gasteiger partial charge in [0.15, 0.2) is 0 Å². The van der Waals surface area contributed by atoms with Crippen molar-refractivity contribution >= 4 is 23.3 Å². The van der Waals surface area contributed by atoms with Crippen molar-refractivity contribution in [3.63, 3.8) is 0 Å². The Bertz CT molecular complexity index is 1110. The molecule has 0 radical (unpaired) electrons. The maximum atomic E-state index is 12.9. The summed E-state index contributed by atoms with van der Waals surface area (Å²) in [6.07, 6.45) is 6.16. The van der Waals surface area contributed by atoms with E-state index in [-0.39, 0.29) is 11.6 Å². The predicted octanol–water partition coefficient (Wildman–Crippen LogP) is 3.67. The Morgan fingerprint density at radius 2 is 2.06 bits per heavy atom. The van der Waals surface area contributed by atoms with Crippen LogP contribution in [0.25, 0.3) is 5.69 Å². The average Bonchev–Trinajstić information content (AvgIpc) is 3.29. The maximum absolute atomic E-state index is 12.9. The number of imidazole rings is 1. The predicted molar refractivity (Wildman–Crippen MR) is 127 cm³/mol. The van der Waals surface area contributed by atoms with E-state index >= 15 is 0 Å². The molecule has 9 heteroatoms. The van der Waals surface area contributed by atoms with Crippen molar-refractivity contribution in [3.05, 3.63) is 70.9 Å². The van der Waals surface area contributed by atoms with Crippen molar-refractivity contribution in [1.82, 2.24) is 19.9 Å². The van der Waals surface area contributed by atoms with Crippen molar-refractivity contribution in [2.75, 3.05) is 18.5 Å². The molecule has 0 spiro atoms. The first kappa shape index (κ1) is 23.2. The van der Waals surface area contributed by atoms with E-state index in [9.17, 15) is 9.90 Å². The number of aromatic nitrogens is 3. The summed E-state index contributed by atoms with van der Waals surface area (Å²) in [5, 5.41) is 17.1. The second-order valence-corrected chi connectivity index (χ2v) is 8.74. The zero-order valence-corrected chi connectivity index (χ0v) is 19.4. The zero-order valence-electron chi connectivity index (χ0n) is 18.7. The standard InChI is InChI=1S/C24H28ClN5O3/c1-15-12-26-22(28-19-6-8-33-9-7-19)11-21(15)30-13-20(27-14-30)24(32)29-23(16(2)31)17-4-3-5-18(25)10-17/h3-5,10-14,16,19,23,31H,6-9H2,1-2H3,(H,26,28)(H,29,32). The topological polar surface area (TPSA) is 101 Å². The SMILES string of the molecule is Cc1cnc(NC2CCOCC2)cc1-n1cnc(C(=O)NC(c2cccc(Cl)c2)C(C)O)c1. The van der Waals surface area contributed by atoms with Crippen LogP contribution in [0.15, 0.2) is 49.1 Å². The monoisotopic (exact) mass is 469 g/mol. The van der Waals surface area contributed by atoms with Crippen LogP contribution in [0.4, 0.5) is 5.82 Å². The second-order valence-electron chi connectivity index (χ2n) is 8.30. The van der Waals surface area contributed by atoms with Gasteiger partial charge in [-0.05, 0) is 49.9 Å². The summed E-state index contributed by atoms with van der Waals surface area (Å²) < 4.78 is 7.22. The van der Waals surface area contributed by atoms with Gasteiger partial charge in [-0.2, -0.15) is 0 Å². The van der Waals surface area contributed by atoms with Crippen molar-refractivity contribution in [2.45, 2.75) is 44.9 Å². The first-order valence-corrected chi connectivity index (χ1v) is 11.4. The Labute approximate surface area is 198 Å². The third kappa shape index (κ3) is 5.71. The minimum absolute atomic E-state index is 0.248. The molecule has 2 unspecified atom stereocenters. The number of carbonyl (C=O) groups excluding carboxylic acids is 1. The highest BCUT2D eigenvalue weighted by Crippen LogP contribution is 2.23. The fraction of sp³-hybridized carbons (Fsp3) is 0.375. The average molecular weight is 470 g/mol.